The summed E-state index contributed by atoms with van der Waals surface area (Å²) in [6, 6.07) is 1.96. The van der Waals surface area contributed by atoms with Gasteiger partial charge in [-0.1, -0.05) is 11.6 Å². The lowest BCUT2D eigenvalue weighted by atomic mass is 9.95. The molecule has 0 aliphatic heterocycles. The van der Waals surface area contributed by atoms with E-state index in [9.17, 15) is 4.79 Å². The Hall–Kier alpha value is -1.55. The predicted molar refractivity (Wildman–Crippen MR) is 80.1 cm³/mol. The Bertz CT molecular complexity index is 677. The van der Waals surface area contributed by atoms with Gasteiger partial charge in [0.05, 0.1) is 5.52 Å². The first-order chi connectivity index (χ1) is 9.56. The summed E-state index contributed by atoms with van der Waals surface area (Å²) in [5, 5.41) is 9.37. The molecule has 1 unspecified atom stereocenters. The van der Waals surface area contributed by atoms with Crippen molar-refractivity contribution in [3.05, 3.63) is 28.4 Å². The van der Waals surface area contributed by atoms with Gasteiger partial charge in [0, 0.05) is 37.1 Å². The van der Waals surface area contributed by atoms with Gasteiger partial charge in [0.15, 0.2) is 0 Å². The molecule has 1 aromatic carbocycles. The first-order valence-electron chi connectivity index (χ1n) is 6.95. The SMILES string of the molecule is CC(=O)NCCC1CCc2c(Cl)cc3nn(C)cc3c21. The maximum absolute atomic E-state index is 11.0. The molecule has 4 nitrogen and oxygen atoms in total. The van der Waals surface area contributed by atoms with Gasteiger partial charge < -0.3 is 5.32 Å². The number of aryl methyl sites for hydroxylation is 1. The number of halogens is 1. The molecule has 0 fully saturated rings. The summed E-state index contributed by atoms with van der Waals surface area (Å²) in [5.74, 6) is 0.489. The fourth-order valence-electron chi connectivity index (χ4n) is 3.21. The molecule has 1 aromatic heterocycles. The van der Waals surface area contributed by atoms with Crippen molar-refractivity contribution in [2.75, 3.05) is 6.54 Å². The van der Waals surface area contributed by atoms with E-state index in [2.05, 4.69) is 16.6 Å². The zero-order chi connectivity index (χ0) is 14.3. The summed E-state index contributed by atoms with van der Waals surface area (Å²) in [7, 11) is 1.93. The zero-order valence-corrected chi connectivity index (χ0v) is 12.5. The Morgan fingerprint density at radius 1 is 1.60 bits per heavy atom. The lowest BCUT2D eigenvalue weighted by Crippen LogP contribution is -2.22. The third-order valence-corrected chi connectivity index (χ3v) is 4.38. The van der Waals surface area contributed by atoms with Crippen molar-refractivity contribution in [1.82, 2.24) is 15.1 Å². The molecule has 20 heavy (non-hydrogen) atoms. The lowest BCUT2D eigenvalue weighted by molar-refractivity contribution is -0.118. The van der Waals surface area contributed by atoms with Crippen LogP contribution in [0.2, 0.25) is 5.02 Å². The van der Waals surface area contributed by atoms with E-state index < -0.39 is 0 Å². The highest BCUT2D eigenvalue weighted by Crippen LogP contribution is 2.43. The molecule has 106 valence electrons. The minimum atomic E-state index is 0.0286. The number of nitrogens with one attached hydrogen (secondary N) is 1. The van der Waals surface area contributed by atoms with Crippen molar-refractivity contribution in [2.24, 2.45) is 7.05 Å². The lowest BCUT2D eigenvalue weighted by Gasteiger charge is -2.13. The van der Waals surface area contributed by atoms with Gasteiger partial charge in [-0.05, 0) is 42.4 Å². The van der Waals surface area contributed by atoms with E-state index in [1.165, 1.54) is 16.5 Å². The number of hydrogen-bond acceptors (Lipinski definition) is 2. The van der Waals surface area contributed by atoms with Crippen LogP contribution in [0.3, 0.4) is 0 Å². The standard InChI is InChI=1S/C15H18ClN3O/c1-9(20)17-6-5-10-3-4-11-13(16)7-14-12(15(10)11)8-19(2)18-14/h7-8,10H,3-6H2,1-2H3,(H,17,20). The second-order valence-corrected chi connectivity index (χ2v) is 5.90. The molecule has 3 rings (SSSR count). The molecule has 1 amide bonds. The Kier molecular flexibility index (Phi) is 3.42. The molecule has 5 heteroatoms. The van der Waals surface area contributed by atoms with Gasteiger partial charge in [0.25, 0.3) is 0 Å². The minimum Gasteiger partial charge on any atom is -0.356 e. The second kappa shape index (κ2) is 5.09. The van der Waals surface area contributed by atoms with Crippen LogP contribution in [0.5, 0.6) is 0 Å². The van der Waals surface area contributed by atoms with Crippen molar-refractivity contribution < 1.29 is 4.79 Å². The fourth-order valence-corrected chi connectivity index (χ4v) is 3.51. The number of hydrogen-bond donors (Lipinski definition) is 1. The van der Waals surface area contributed by atoms with Crippen LogP contribution in [-0.4, -0.2) is 22.2 Å². The fraction of sp³-hybridized carbons (Fsp3) is 0.467. The van der Waals surface area contributed by atoms with Crippen LogP contribution in [0.15, 0.2) is 12.3 Å². The van der Waals surface area contributed by atoms with Crippen molar-refractivity contribution in [3.63, 3.8) is 0 Å². The highest BCUT2D eigenvalue weighted by molar-refractivity contribution is 6.32. The number of aromatic nitrogens is 2. The Labute approximate surface area is 123 Å². The number of amides is 1. The molecule has 0 saturated heterocycles. The molecule has 2 aromatic rings. The van der Waals surface area contributed by atoms with Crippen LogP contribution in [0.4, 0.5) is 0 Å². The highest BCUT2D eigenvalue weighted by Gasteiger charge is 2.27. The number of benzene rings is 1. The van der Waals surface area contributed by atoms with Crippen LogP contribution in [0.25, 0.3) is 10.9 Å². The minimum absolute atomic E-state index is 0.0286. The molecule has 1 N–H and O–H groups in total. The Morgan fingerprint density at radius 2 is 2.40 bits per heavy atom. The van der Waals surface area contributed by atoms with E-state index in [1.54, 1.807) is 6.92 Å². The quantitative estimate of drug-likeness (QED) is 0.945. The summed E-state index contributed by atoms with van der Waals surface area (Å²) in [6.45, 7) is 2.27. The molecule has 0 spiro atoms. The third kappa shape index (κ3) is 2.29. The monoisotopic (exact) mass is 291 g/mol. The van der Waals surface area contributed by atoms with Crippen LogP contribution >= 0.6 is 11.6 Å². The van der Waals surface area contributed by atoms with E-state index in [1.807, 2.05) is 17.8 Å². The summed E-state index contributed by atoms with van der Waals surface area (Å²) in [4.78, 5) is 11.0. The molecule has 0 bridgehead atoms. The predicted octanol–water partition coefficient (Wildman–Crippen LogP) is 2.78. The van der Waals surface area contributed by atoms with Gasteiger partial charge in [0.1, 0.15) is 0 Å². The van der Waals surface area contributed by atoms with Crippen molar-refractivity contribution in [1.29, 1.82) is 0 Å². The summed E-state index contributed by atoms with van der Waals surface area (Å²) in [6.07, 6.45) is 5.14. The Balaban J connectivity index is 1.96. The summed E-state index contributed by atoms with van der Waals surface area (Å²) >= 11 is 6.39. The van der Waals surface area contributed by atoms with Crippen LogP contribution < -0.4 is 5.32 Å². The van der Waals surface area contributed by atoms with E-state index in [0.717, 1.165) is 29.8 Å². The molecule has 0 saturated carbocycles. The van der Waals surface area contributed by atoms with Crippen molar-refractivity contribution >= 4 is 28.4 Å². The second-order valence-electron chi connectivity index (χ2n) is 5.49. The van der Waals surface area contributed by atoms with E-state index >= 15 is 0 Å². The summed E-state index contributed by atoms with van der Waals surface area (Å²) < 4.78 is 1.84. The third-order valence-electron chi connectivity index (χ3n) is 4.04. The van der Waals surface area contributed by atoms with E-state index in [0.29, 0.717) is 12.5 Å². The van der Waals surface area contributed by atoms with E-state index in [-0.39, 0.29) is 5.91 Å². The molecular formula is C15H18ClN3O. The molecule has 1 aliphatic carbocycles. The van der Waals surface area contributed by atoms with Gasteiger partial charge in [0.2, 0.25) is 5.91 Å². The number of carbonyl (C=O) groups excluding carboxylic acids is 1. The average Bonchev–Trinajstić information content (AvgIpc) is 2.92. The largest absolute Gasteiger partial charge is 0.356 e. The van der Waals surface area contributed by atoms with Crippen molar-refractivity contribution in [3.8, 4) is 0 Å². The normalized spacial score (nSPS) is 17.4. The molecule has 1 atom stereocenters. The van der Waals surface area contributed by atoms with Gasteiger partial charge in [-0.2, -0.15) is 5.10 Å². The smallest absolute Gasteiger partial charge is 0.216 e. The first kappa shape index (κ1) is 13.4. The topological polar surface area (TPSA) is 46.9 Å². The molecule has 1 aliphatic rings. The van der Waals surface area contributed by atoms with Gasteiger partial charge in [-0.15, -0.1) is 0 Å². The van der Waals surface area contributed by atoms with E-state index in [4.69, 9.17) is 11.6 Å². The number of carbonyl (C=O) groups is 1. The molecule has 1 heterocycles. The maximum atomic E-state index is 11.0. The summed E-state index contributed by atoms with van der Waals surface area (Å²) in [5.41, 5.74) is 3.56. The highest BCUT2D eigenvalue weighted by atomic mass is 35.5. The van der Waals surface area contributed by atoms with Crippen molar-refractivity contribution in [2.45, 2.75) is 32.1 Å². The van der Waals surface area contributed by atoms with Gasteiger partial charge >= 0.3 is 0 Å². The maximum Gasteiger partial charge on any atom is 0.216 e. The van der Waals surface area contributed by atoms with Gasteiger partial charge in [-0.25, -0.2) is 0 Å². The number of fused-ring (bicyclic) bond motifs is 3. The van der Waals surface area contributed by atoms with Gasteiger partial charge in [-0.3, -0.25) is 9.48 Å². The first-order valence-corrected chi connectivity index (χ1v) is 7.33. The average molecular weight is 292 g/mol. The number of rotatable bonds is 3. The Morgan fingerprint density at radius 3 is 3.15 bits per heavy atom. The van der Waals surface area contributed by atoms with Crippen LogP contribution in [-0.2, 0) is 18.3 Å². The molecule has 0 radical (unpaired) electrons. The molecular weight excluding hydrogens is 274 g/mol. The van der Waals surface area contributed by atoms with Crippen LogP contribution in [0.1, 0.15) is 36.8 Å². The van der Waals surface area contributed by atoms with Crippen LogP contribution in [0, 0.1) is 0 Å². The number of nitrogens with zero attached hydrogens (tertiary/aromatic N) is 2. The zero-order valence-electron chi connectivity index (χ0n) is 11.7.